The lowest BCUT2D eigenvalue weighted by Crippen LogP contribution is -2.31. The first-order valence-corrected chi connectivity index (χ1v) is 6.14. The Kier molecular flexibility index (Phi) is 5.09. The molecule has 0 unspecified atom stereocenters. The van der Waals surface area contributed by atoms with E-state index in [0.717, 1.165) is 10.2 Å². The number of carbonyl (C=O) groups excluding carboxylic acids is 1. The molecule has 0 fully saturated rings. The van der Waals surface area contributed by atoms with Crippen LogP contribution in [0.4, 0.5) is 5.69 Å². The van der Waals surface area contributed by atoms with Gasteiger partial charge in [-0.05, 0) is 41.1 Å². The molecule has 1 aromatic rings. The van der Waals surface area contributed by atoms with Crippen LogP contribution in [-0.2, 0) is 4.79 Å². The zero-order valence-electron chi connectivity index (χ0n) is 9.26. The molecule has 0 bridgehead atoms. The topological polar surface area (TPSA) is 32.3 Å². The number of hydrogen-bond acceptors (Lipinski definition) is 2. The molecule has 0 saturated carbocycles. The molecule has 5 heteroatoms. The van der Waals surface area contributed by atoms with Gasteiger partial charge in [-0.15, -0.1) is 0 Å². The Morgan fingerprint density at radius 1 is 1.56 bits per heavy atom. The molecule has 0 aliphatic carbocycles. The van der Waals surface area contributed by atoms with Crippen LogP contribution in [0, 0.1) is 0 Å². The summed E-state index contributed by atoms with van der Waals surface area (Å²) in [7, 11) is 1.78. The van der Waals surface area contributed by atoms with Crippen LogP contribution >= 0.6 is 27.5 Å². The van der Waals surface area contributed by atoms with Gasteiger partial charge in [0.15, 0.2) is 0 Å². The van der Waals surface area contributed by atoms with E-state index in [1.54, 1.807) is 24.1 Å². The monoisotopic (exact) mass is 304 g/mol. The van der Waals surface area contributed by atoms with Crippen molar-refractivity contribution in [1.29, 1.82) is 0 Å². The fourth-order valence-electron chi connectivity index (χ4n) is 1.11. The minimum Gasteiger partial charge on any atom is -0.375 e. The van der Waals surface area contributed by atoms with Gasteiger partial charge in [0, 0.05) is 28.8 Å². The van der Waals surface area contributed by atoms with E-state index < -0.39 is 0 Å². The summed E-state index contributed by atoms with van der Waals surface area (Å²) in [4.78, 5) is 13.2. The van der Waals surface area contributed by atoms with Crippen molar-refractivity contribution < 1.29 is 4.79 Å². The number of rotatable bonds is 4. The summed E-state index contributed by atoms with van der Waals surface area (Å²) in [5, 5.41) is 3.72. The predicted molar refractivity (Wildman–Crippen MR) is 71.0 cm³/mol. The van der Waals surface area contributed by atoms with Crippen molar-refractivity contribution in [3.63, 3.8) is 0 Å². The minimum absolute atomic E-state index is 0.0596. The summed E-state index contributed by atoms with van der Waals surface area (Å²) >= 11 is 9.20. The lowest BCUT2D eigenvalue weighted by atomic mass is 10.3. The summed E-state index contributed by atoms with van der Waals surface area (Å²) in [6, 6.07) is 5.41. The Hall–Kier alpha value is -0.740. The molecule has 0 radical (unpaired) electrons. The number of amides is 1. The van der Waals surface area contributed by atoms with Gasteiger partial charge in [-0.1, -0.05) is 11.6 Å². The van der Waals surface area contributed by atoms with Crippen molar-refractivity contribution in [2.75, 3.05) is 25.5 Å². The molecule has 16 heavy (non-hydrogen) atoms. The molecule has 1 rings (SSSR count). The van der Waals surface area contributed by atoms with E-state index in [1.807, 2.05) is 13.0 Å². The van der Waals surface area contributed by atoms with Gasteiger partial charge >= 0.3 is 0 Å². The zero-order chi connectivity index (χ0) is 12.1. The van der Waals surface area contributed by atoms with Crippen molar-refractivity contribution in [1.82, 2.24) is 4.90 Å². The molecule has 0 saturated heterocycles. The predicted octanol–water partition coefficient (Wildman–Crippen LogP) is 2.99. The number of anilines is 1. The fourth-order valence-corrected chi connectivity index (χ4v) is 1.94. The second kappa shape index (κ2) is 6.11. The number of nitrogens with one attached hydrogen (secondary N) is 1. The van der Waals surface area contributed by atoms with Crippen LogP contribution < -0.4 is 5.32 Å². The minimum atomic E-state index is 0.0596. The average Bonchev–Trinajstić information content (AvgIpc) is 2.26. The summed E-state index contributed by atoms with van der Waals surface area (Å²) in [6.45, 7) is 2.93. The average molecular weight is 306 g/mol. The highest BCUT2D eigenvalue weighted by molar-refractivity contribution is 9.10. The highest BCUT2D eigenvalue weighted by atomic mass is 79.9. The fraction of sp³-hybridized carbons (Fsp3) is 0.364. The highest BCUT2D eigenvalue weighted by Crippen LogP contribution is 2.25. The smallest absolute Gasteiger partial charge is 0.241 e. The summed E-state index contributed by atoms with van der Waals surface area (Å²) < 4.78 is 0.854. The third kappa shape index (κ3) is 3.68. The van der Waals surface area contributed by atoms with E-state index >= 15 is 0 Å². The summed E-state index contributed by atoms with van der Waals surface area (Å²) in [5.74, 6) is 0.0596. The normalized spacial score (nSPS) is 10.0. The maximum absolute atomic E-state index is 11.5. The van der Waals surface area contributed by atoms with Gasteiger partial charge in [-0.3, -0.25) is 4.79 Å². The molecular weight excluding hydrogens is 291 g/mol. The molecule has 0 atom stereocenters. The van der Waals surface area contributed by atoms with Crippen LogP contribution in [-0.4, -0.2) is 30.9 Å². The van der Waals surface area contributed by atoms with Crippen LogP contribution in [0.25, 0.3) is 0 Å². The van der Waals surface area contributed by atoms with Gasteiger partial charge in [-0.25, -0.2) is 0 Å². The quantitative estimate of drug-likeness (QED) is 0.927. The van der Waals surface area contributed by atoms with Gasteiger partial charge in [-0.2, -0.15) is 0 Å². The molecule has 0 aromatic heterocycles. The van der Waals surface area contributed by atoms with Crippen LogP contribution in [0.1, 0.15) is 6.92 Å². The third-order valence-corrected chi connectivity index (χ3v) is 3.15. The molecule has 1 aromatic carbocycles. The first-order valence-electron chi connectivity index (χ1n) is 4.97. The lowest BCUT2D eigenvalue weighted by molar-refractivity contribution is -0.127. The molecule has 0 heterocycles. The van der Waals surface area contributed by atoms with Crippen molar-refractivity contribution in [2.45, 2.75) is 6.92 Å². The number of halogens is 2. The number of hydrogen-bond donors (Lipinski definition) is 1. The number of benzene rings is 1. The maximum Gasteiger partial charge on any atom is 0.241 e. The van der Waals surface area contributed by atoms with Gasteiger partial charge in [0.2, 0.25) is 5.91 Å². The van der Waals surface area contributed by atoms with Crippen LogP contribution in [0.15, 0.2) is 22.7 Å². The van der Waals surface area contributed by atoms with Crippen LogP contribution in [0.2, 0.25) is 5.02 Å². The van der Waals surface area contributed by atoms with Crippen molar-refractivity contribution >= 4 is 39.1 Å². The second-order valence-corrected chi connectivity index (χ2v) is 4.68. The summed E-state index contributed by atoms with van der Waals surface area (Å²) in [5.41, 5.74) is 0.863. The second-order valence-electron chi connectivity index (χ2n) is 3.39. The van der Waals surface area contributed by atoms with E-state index in [0.29, 0.717) is 11.6 Å². The third-order valence-electron chi connectivity index (χ3n) is 2.26. The van der Waals surface area contributed by atoms with Gasteiger partial charge in [0.25, 0.3) is 0 Å². The molecule has 0 aliphatic rings. The Labute approximate surface area is 109 Å². The van der Waals surface area contributed by atoms with E-state index in [2.05, 4.69) is 21.2 Å². The standard InChI is InChI=1S/C11H14BrClN2O/c1-3-15(2)11(16)7-14-10-5-4-8(13)6-9(10)12/h4-6,14H,3,7H2,1-2H3. The molecule has 0 aliphatic heterocycles. The van der Waals surface area contributed by atoms with E-state index in [-0.39, 0.29) is 12.5 Å². The van der Waals surface area contributed by atoms with E-state index in [9.17, 15) is 4.79 Å². The van der Waals surface area contributed by atoms with Crippen LogP contribution in [0.3, 0.4) is 0 Å². The highest BCUT2D eigenvalue weighted by Gasteiger charge is 2.07. The number of nitrogens with zero attached hydrogens (tertiary/aromatic N) is 1. The van der Waals surface area contributed by atoms with Gasteiger partial charge < -0.3 is 10.2 Å². The molecular formula is C11H14BrClN2O. The van der Waals surface area contributed by atoms with Crippen molar-refractivity contribution in [3.8, 4) is 0 Å². The van der Waals surface area contributed by atoms with Gasteiger partial charge in [0.05, 0.1) is 6.54 Å². The van der Waals surface area contributed by atoms with Gasteiger partial charge in [0.1, 0.15) is 0 Å². The van der Waals surface area contributed by atoms with Crippen molar-refractivity contribution in [3.05, 3.63) is 27.7 Å². The first kappa shape index (κ1) is 13.3. The first-order chi connectivity index (χ1) is 7.54. The molecule has 1 amide bonds. The molecule has 0 spiro atoms. The van der Waals surface area contributed by atoms with E-state index in [4.69, 9.17) is 11.6 Å². The maximum atomic E-state index is 11.5. The Bertz CT molecular complexity index is 384. The Morgan fingerprint density at radius 3 is 2.81 bits per heavy atom. The molecule has 88 valence electrons. The van der Waals surface area contributed by atoms with Crippen LogP contribution in [0.5, 0.6) is 0 Å². The molecule has 3 nitrogen and oxygen atoms in total. The SMILES string of the molecule is CCN(C)C(=O)CNc1ccc(Cl)cc1Br. The lowest BCUT2D eigenvalue weighted by Gasteiger charge is -2.15. The van der Waals surface area contributed by atoms with Crippen molar-refractivity contribution in [2.24, 2.45) is 0 Å². The number of likely N-dealkylation sites (N-methyl/N-ethyl adjacent to an activating group) is 1. The molecule has 1 N–H and O–H groups in total. The largest absolute Gasteiger partial charge is 0.375 e. The Morgan fingerprint density at radius 2 is 2.25 bits per heavy atom. The van der Waals surface area contributed by atoms with E-state index in [1.165, 1.54) is 0 Å². The Balaban J connectivity index is 2.58. The zero-order valence-corrected chi connectivity index (χ0v) is 11.6. The number of carbonyl (C=O) groups is 1. The summed E-state index contributed by atoms with van der Waals surface area (Å²) in [6.07, 6.45) is 0.